The van der Waals surface area contributed by atoms with Crippen molar-refractivity contribution in [2.75, 3.05) is 13.1 Å². The molecule has 0 aromatic heterocycles. The second kappa shape index (κ2) is 8.51. The number of piperidine rings is 1. The van der Waals surface area contributed by atoms with Gasteiger partial charge in [0.1, 0.15) is 0 Å². The number of nitrogens with one attached hydrogen (secondary N) is 2. The summed E-state index contributed by atoms with van der Waals surface area (Å²) in [6.45, 7) is 6.32. The smallest absolute Gasteiger partial charge is 0.220 e. The van der Waals surface area contributed by atoms with Crippen LogP contribution in [0.25, 0.3) is 0 Å². The molecule has 3 heteroatoms. The first-order valence-electron chi connectivity index (χ1n) is 7.22. The summed E-state index contributed by atoms with van der Waals surface area (Å²) in [5, 5.41) is 6.53. The van der Waals surface area contributed by atoms with Crippen molar-refractivity contribution in [2.24, 2.45) is 5.92 Å². The molecule has 3 nitrogen and oxygen atoms in total. The van der Waals surface area contributed by atoms with Gasteiger partial charge in [0.05, 0.1) is 0 Å². The SMILES string of the molecule is CCCCCCC(=O)NCC1CCC(C)NC1. The summed E-state index contributed by atoms with van der Waals surface area (Å²) in [4.78, 5) is 11.6. The Bertz CT molecular complexity index is 210. The number of hydrogen-bond acceptors (Lipinski definition) is 2. The van der Waals surface area contributed by atoms with Gasteiger partial charge in [-0.15, -0.1) is 0 Å². The standard InChI is InChI=1S/C14H28N2O/c1-3-4-5-6-7-14(17)16-11-13-9-8-12(2)15-10-13/h12-13,15H,3-11H2,1-2H3,(H,16,17). The van der Waals surface area contributed by atoms with E-state index in [-0.39, 0.29) is 5.91 Å². The predicted octanol–water partition coefficient (Wildman–Crippen LogP) is 2.46. The molecule has 0 spiro atoms. The van der Waals surface area contributed by atoms with Crippen molar-refractivity contribution < 1.29 is 4.79 Å². The zero-order chi connectivity index (χ0) is 12.5. The molecule has 1 aliphatic heterocycles. The van der Waals surface area contributed by atoms with Crippen molar-refractivity contribution >= 4 is 5.91 Å². The number of unbranched alkanes of at least 4 members (excludes halogenated alkanes) is 3. The quantitative estimate of drug-likeness (QED) is 0.671. The van der Waals surface area contributed by atoms with Gasteiger partial charge in [0.2, 0.25) is 5.91 Å². The molecule has 2 N–H and O–H groups in total. The van der Waals surface area contributed by atoms with E-state index in [2.05, 4.69) is 24.5 Å². The Hall–Kier alpha value is -0.570. The van der Waals surface area contributed by atoms with Gasteiger partial charge in [0, 0.05) is 19.0 Å². The van der Waals surface area contributed by atoms with Crippen molar-refractivity contribution in [3.05, 3.63) is 0 Å². The first kappa shape index (κ1) is 14.5. The summed E-state index contributed by atoms with van der Waals surface area (Å²) in [7, 11) is 0. The van der Waals surface area contributed by atoms with Gasteiger partial charge < -0.3 is 10.6 Å². The Labute approximate surface area is 106 Å². The summed E-state index contributed by atoms with van der Waals surface area (Å²) in [5.74, 6) is 0.866. The summed E-state index contributed by atoms with van der Waals surface area (Å²) in [6.07, 6.45) is 7.88. The lowest BCUT2D eigenvalue weighted by Gasteiger charge is -2.27. The van der Waals surface area contributed by atoms with Crippen LogP contribution in [0.4, 0.5) is 0 Å². The fraction of sp³-hybridized carbons (Fsp3) is 0.929. The summed E-state index contributed by atoms with van der Waals surface area (Å²) < 4.78 is 0. The van der Waals surface area contributed by atoms with Gasteiger partial charge in [0.15, 0.2) is 0 Å². The zero-order valence-corrected chi connectivity index (χ0v) is 11.4. The van der Waals surface area contributed by atoms with E-state index < -0.39 is 0 Å². The third kappa shape index (κ3) is 6.67. The maximum absolute atomic E-state index is 11.6. The first-order valence-corrected chi connectivity index (χ1v) is 7.22. The van der Waals surface area contributed by atoms with Crippen LogP contribution < -0.4 is 10.6 Å². The first-order chi connectivity index (χ1) is 8.22. The molecular weight excluding hydrogens is 212 g/mol. The van der Waals surface area contributed by atoms with Gasteiger partial charge in [-0.3, -0.25) is 4.79 Å². The maximum atomic E-state index is 11.6. The Balaban J connectivity index is 1.99. The van der Waals surface area contributed by atoms with E-state index in [0.29, 0.717) is 18.4 Å². The molecule has 1 rings (SSSR count). The molecule has 0 saturated carbocycles. The molecule has 1 amide bonds. The summed E-state index contributed by atoms with van der Waals surface area (Å²) >= 11 is 0. The van der Waals surface area contributed by atoms with Gasteiger partial charge in [-0.25, -0.2) is 0 Å². The van der Waals surface area contributed by atoms with Crippen LogP contribution in [0.1, 0.15) is 58.8 Å². The minimum Gasteiger partial charge on any atom is -0.356 e. The minimum atomic E-state index is 0.236. The van der Waals surface area contributed by atoms with Crippen molar-refractivity contribution in [1.29, 1.82) is 0 Å². The summed E-state index contributed by atoms with van der Waals surface area (Å²) in [6, 6.07) is 0.649. The molecule has 2 unspecified atom stereocenters. The molecule has 0 aromatic rings. The van der Waals surface area contributed by atoms with Crippen LogP contribution in [0.5, 0.6) is 0 Å². The highest BCUT2D eigenvalue weighted by Gasteiger charge is 2.17. The lowest BCUT2D eigenvalue weighted by atomic mass is 9.95. The highest BCUT2D eigenvalue weighted by molar-refractivity contribution is 5.75. The molecule has 100 valence electrons. The molecule has 17 heavy (non-hydrogen) atoms. The number of carbonyl (C=O) groups is 1. The van der Waals surface area contributed by atoms with Crippen LogP contribution in [-0.2, 0) is 4.79 Å². The van der Waals surface area contributed by atoms with E-state index in [1.54, 1.807) is 0 Å². The Morgan fingerprint density at radius 2 is 2.12 bits per heavy atom. The van der Waals surface area contributed by atoms with E-state index in [1.807, 2.05) is 0 Å². The average Bonchev–Trinajstić information content (AvgIpc) is 2.34. The average molecular weight is 240 g/mol. The van der Waals surface area contributed by atoms with Gasteiger partial charge >= 0.3 is 0 Å². The molecule has 1 saturated heterocycles. The van der Waals surface area contributed by atoms with Crippen molar-refractivity contribution in [1.82, 2.24) is 10.6 Å². The molecule has 1 aliphatic rings. The van der Waals surface area contributed by atoms with Crippen molar-refractivity contribution in [3.8, 4) is 0 Å². The number of hydrogen-bond donors (Lipinski definition) is 2. The van der Waals surface area contributed by atoms with E-state index in [1.165, 1.54) is 32.1 Å². The van der Waals surface area contributed by atoms with Gasteiger partial charge in [-0.2, -0.15) is 0 Å². The fourth-order valence-corrected chi connectivity index (χ4v) is 2.29. The molecule has 1 heterocycles. The Morgan fingerprint density at radius 3 is 2.76 bits per heavy atom. The van der Waals surface area contributed by atoms with E-state index in [9.17, 15) is 4.79 Å². The Morgan fingerprint density at radius 1 is 1.29 bits per heavy atom. The van der Waals surface area contributed by atoms with Crippen LogP contribution in [0, 0.1) is 5.92 Å². The predicted molar refractivity (Wildman–Crippen MR) is 72.0 cm³/mol. The van der Waals surface area contributed by atoms with Crippen molar-refractivity contribution in [2.45, 2.75) is 64.8 Å². The molecule has 0 radical (unpaired) electrons. The number of rotatable bonds is 7. The van der Waals surface area contributed by atoms with E-state index in [0.717, 1.165) is 19.5 Å². The number of amides is 1. The van der Waals surface area contributed by atoms with E-state index >= 15 is 0 Å². The molecule has 2 atom stereocenters. The van der Waals surface area contributed by atoms with Crippen LogP contribution in [-0.4, -0.2) is 25.0 Å². The van der Waals surface area contributed by atoms with Crippen molar-refractivity contribution in [3.63, 3.8) is 0 Å². The topological polar surface area (TPSA) is 41.1 Å². The van der Waals surface area contributed by atoms with Crippen LogP contribution in [0.3, 0.4) is 0 Å². The maximum Gasteiger partial charge on any atom is 0.220 e. The third-order valence-corrected chi connectivity index (χ3v) is 3.61. The molecule has 0 aliphatic carbocycles. The van der Waals surface area contributed by atoms with E-state index in [4.69, 9.17) is 0 Å². The third-order valence-electron chi connectivity index (χ3n) is 3.61. The highest BCUT2D eigenvalue weighted by Crippen LogP contribution is 2.13. The molecule has 0 aromatic carbocycles. The lowest BCUT2D eigenvalue weighted by Crippen LogP contribution is -2.41. The monoisotopic (exact) mass is 240 g/mol. The number of carbonyl (C=O) groups excluding carboxylic acids is 1. The highest BCUT2D eigenvalue weighted by atomic mass is 16.1. The summed E-state index contributed by atoms with van der Waals surface area (Å²) in [5.41, 5.74) is 0. The second-order valence-corrected chi connectivity index (χ2v) is 5.37. The van der Waals surface area contributed by atoms with Crippen LogP contribution in [0.15, 0.2) is 0 Å². The van der Waals surface area contributed by atoms with Crippen LogP contribution >= 0.6 is 0 Å². The minimum absolute atomic E-state index is 0.236. The molecule has 0 bridgehead atoms. The van der Waals surface area contributed by atoms with Gasteiger partial charge in [-0.1, -0.05) is 26.2 Å². The molecular formula is C14H28N2O. The fourth-order valence-electron chi connectivity index (χ4n) is 2.29. The normalized spacial score (nSPS) is 24.6. The largest absolute Gasteiger partial charge is 0.356 e. The lowest BCUT2D eigenvalue weighted by molar-refractivity contribution is -0.121. The zero-order valence-electron chi connectivity index (χ0n) is 11.4. The second-order valence-electron chi connectivity index (χ2n) is 5.37. The van der Waals surface area contributed by atoms with Gasteiger partial charge in [-0.05, 0) is 38.6 Å². The van der Waals surface area contributed by atoms with Crippen LogP contribution in [0.2, 0.25) is 0 Å². The van der Waals surface area contributed by atoms with Gasteiger partial charge in [0.25, 0.3) is 0 Å². The molecule has 1 fully saturated rings. The Kier molecular flexibility index (Phi) is 7.25.